The molecule has 0 N–H and O–H groups in total. The van der Waals surface area contributed by atoms with Gasteiger partial charge in [-0.15, -0.1) is 0 Å². The molecule has 0 aliphatic rings. The van der Waals surface area contributed by atoms with Crippen LogP contribution in [-0.2, 0) is 9.53 Å². The lowest BCUT2D eigenvalue weighted by atomic mass is 9.91. The number of carbonyl (C=O) groups is 1. The summed E-state index contributed by atoms with van der Waals surface area (Å²) in [5, 5.41) is 0. The molecule has 0 saturated carbocycles. The highest BCUT2D eigenvalue weighted by atomic mass is 16.5. The third kappa shape index (κ3) is 4.40. The van der Waals surface area contributed by atoms with Gasteiger partial charge in [0.15, 0.2) is 0 Å². The molecule has 0 saturated heterocycles. The number of ether oxygens (including phenoxy) is 2. The zero-order valence-corrected chi connectivity index (χ0v) is 18.6. The average Bonchev–Trinajstić information content (AvgIpc) is 3.14. The maximum atomic E-state index is 11.5. The van der Waals surface area contributed by atoms with Gasteiger partial charge in [0, 0.05) is 17.8 Å². The normalized spacial score (nSPS) is 11.7. The number of fused-ring (bicyclic) bond motifs is 1. The summed E-state index contributed by atoms with van der Waals surface area (Å²) in [5.74, 6) is 1.26. The Labute approximate surface area is 178 Å². The van der Waals surface area contributed by atoms with E-state index in [-0.39, 0.29) is 5.97 Å². The molecule has 30 heavy (non-hydrogen) atoms. The van der Waals surface area contributed by atoms with Crippen molar-refractivity contribution in [3.05, 3.63) is 59.4 Å². The van der Waals surface area contributed by atoms with E-state index in [0.717, 1.165) is 28.2 Å². The topological polar surface area (TPSA) is 52.8 Å². The number of pyridine rings is 1. The average molecular weight is 407 g/mol. The highest BCUT2D eigenvalue weighted by molar-refractivity contribution is 5.87. The van der Waals surface area contributed by atoms with Gasteiger partial charge >= 0.3 is 5.97 Å². The largest absolute Gasteiger partial charge is 0.493 e. The molecule has 0 amide bonds. The minimum atomic E-state index is -0.384. The van der Waals surface area contributed by atoms with E-state index in [1.165, 1.54) is 24.3 Å². The van der Waals surface area contributed by atoms with Gasteiger partial charge < -0.3 is 9.47 Å². The number of imidazole rings is 1. The molecule has 0 fully saturated rings. The zero-order valence-electron chi connectivity index (χ0n) is 18.6. The summed E-state index contributed by atoms with van der Waals surface area (Å²) in [6.07, 6.45) is 7.02. The van der Waals surface area contributed by atoms with Crippen LogP contribution >= 0.6 is 0 Å². The van der Waals surface area contributed by atoms with Crippen LogP contribution in [0.3, 0.4) is 0 Å². The van der Waals surface area contributed by atoms with E-state index in [0.29, 0.717) is 18.4 Å². The Morgan fingerprint density at radius 1 is 1.17 bits per heavy atom. The van der Waals surface area contributed by atoms with Crippen molar-refractivity contribution in [1.29, 1.82) is 0 Å². The molecule has 0 aliphatic carbocycles. The van der Waals surface area contributed by atoms with Gasteiger partial charge in [0.2, 0.25) is 0 Å². The van der Waals surface area contributed by atoms with Crippen molar-refractivity contribution < 1.29 is 14.3 Å². The van der Waals surface area contributed by atoms with Crippen LogP contribution in [0.25, 0.3) is 23.0 Å². The Kier molecular flexibility index (Phi) is 6.60. The van der Waals surface area contributed by atoms with Gasteiger partial charge in [0.1, 0.15) is 11.4 Å². The van der Waals surface area contributed by atoms with E-state index in [9.17, 15) is 4.79 Å². The highest BCUT2D eigenvalue weighted by Gasteiger charge is 2.20. The maximum absolute atomic E-state index is 11.5. The predicted molar refractivity (Wildman–Crippen MR) is 121 cm³/mol. The second-order valence-electron chi connectivity index (χ2n) is 7.92. The summed E-state index contributed by atoms with van der Waals surface area (Å²) in [6.45, 7) is 11.4. The molecule has 5 nitrogen and oxygen atoms in total. The fraction of sp³-hybridized carbons (Fsp3) is 0.360. The minimum Gasteiger partial charge on any atom is -0.493 e. The lowest BCUT2D eigenvalue weighted by Crippen LogP contribution is -2.04. The third-order valence-electron chi connectivity index (χ3n) is 5.13. The number of rotatable bonds is 7. The Bertz CT molecular complexity index is 1080. The number of hydrogen-bond acceptors (Lipinski definition) is 4. The van der Waals surface area contributed by atoms with Crippen molar-refractivity contribution in [2.45, 2.75) is 46.5 Å². The van der Waals surface area contributed by atoms with Crippen molar-refractivity contribution in [1.82, 2.24) is 9.38 Å². The van der Waals surface area contributed by atoms with Crippen LogP contribution in [0.2, 0.25) is 0 Å². The lowest BCUT2D eigenvalue weighted by Gasteiger charge is -2.20. The Morgan fingerprint density at radius 2 is 1.93 bits per heavy atom. The Hall–Kier alpha value is -3.08. The first kappa shape index (κ1) is 21.6. The summed E-state index contributed by atoms with van der Waals surface area (Å²) in [4.78, 5) is 16.1. The summed E-state index contributed by atoms with van der Waals surface area (Å²) >= 11 is 0. The van der Waals surface area contributed by atoms with Gasteiger partial charge in [-0.3, -0.25) is 4.40 Å². The minimum absolute atomic E-state index is 0.335. The Morgan fingerprint density at radius 3 is 2.57 bits per heavy atom. The van der Waals surface area contributed by atoms with Crippen LogP contribution < -0.4 is 4.74 Å². The summed E-state index contributed by atoms with van der Waals surface area (Å²) in [5.41, 5.74) is 6.20. The van der Waals surface area contributed by atoms with Crippen molar-refractivity contribution in [3.8, 4) is 17.0 Å². The van der Waals surface area contributed by atoms with Crippen LogP contribution in [-0.4, -0.2) is 29.1 Å². The number of methoxy groups -OCH3 is 1. The molecule has 0 unspecified atom stereocenters. The molecular formula is C25H30N2O3. The number of hydrogen-bond donors (Lipinski definition) is 0. The quantitative estimate of drug-likeness (QED) is 0.366. The van der Waals surface area contributed by atoms with Gasteiger partial charge in [-0.05, 0) is 59.7 Å². The van der Waals surface area contributed by atoms with E-state index in [4.69, 9.17) is 4.74 Å². The SMILES string of the molecule is CCOc1c(-c2cnc3ccc(/C=C/C(=O)OC)cn23)cc(C(C)C)cc1C(C)C. The lowest BCUT2D eigenvalue weighted by molar-refractivity contribution is -0.134. The second kappa shape index (κ2) is 9.16. The van der Waals surface area contributed by atoms with Crippen LogP contribution in [0.4, 0.5) is 0 Å². The molecule has 0 atom stereocenters. The maximum Gasteiger partial charge on any atom is 0.330 e. The molecule has 3 aromatic rings. The van der Waals surface area contributed by atoms with E-state index in [1.807, 2.05) is 35.9 Å². The number of carbonyl (C=O) groups excluding carboxylic acids is 1. The van der Waals surface area contributed by atoms with E-state index in [2.05, 4.69) is 49.5 Å². The number of benzene rings is 1. The Balaban J connectivity index is 2.23. The van der Waals surface area contributed by atoms with Gasteiger partial charge in [0.05, 0.1) is 25.6 Å². The first-order valence-corrected chi connectivity index (χ1v) is 10.4. The molecule has 158 valence electrons. The van der Waals surface area contributed by atoms with Crippen molar-refractivity contribution in [2.24, 2.45) is 0 Å². The number of aromatic nitrogens is 2. The summed E-state index contributed by atoms with van der Waals surface area (Å²) < 4.78 is 12.9. The molecule has 0 spiro atoms. The molecule has 0 aliphatic heterocycles. The van der Waals surface area contributed by atoms with Crippen molar-refractivity contribution in [2.75, 3.05) is 13.7 Å². The van der Waals surface area contributed by atoms with Crippen LogP contribution in [0, 0.1) is 0 Å². The third-order valence-corrected chi connectivity index (χ3v) is 5.13. The van der Waals surface area contributed by atoms with E-state index in [1.54, 1.807) is 6.08 Å². The van der Waals surface area contributed by atoms with Crippen LogP contribution in [0.15, 0.2) is 42.7 Å². The zero-order chi connectivity index (χ0) is 21.8. The molecular weight excluding hydrogens is 376 g/mol. The first-order valence-electron chi connectivity index (χ1n) is 10.4. The highest BCUT2D eigenvalue weighted by Crippen LogP contribution is 2.40. The molecule has 2 aromatic heterocycles. The van der Waals surface area contributed by atoms with Crippen LogP contribution in [0.1, 0.15) is 63.1 Å². The second-order valence-corrected chi connectivity index (χ2v) is 7.92. The molecule has 0 radical (unpaired) electrons. The van der Waals surface area contributed by atoms with E-state index < -0.39 is 0 Å². The van der Waals surface area contributed by atoms with Gasteiger partial charge in [-0.25, -0.2) is 9.78 Å². The van der Waals surface area contributed by atoms with Gasteiger partial charge in [-0.2, -0.15) is 0 Å². The molecule has 3 rings (SSSR count). The fourth-order valence-corrected chi connectivity index (χ4v) is 3.46. The first-order chi connectivity index (χ1) is 14.3. The van der Waals surface area contributed by atoms with E-state index >= 15 is 0 Å². The van der Waals surface area contributed by atoms with Gasteiger partial charge in [-0.1, -0.05) is 33.8 Å². The number of esters is 1. The van der Waals surface area contributed by atoms with Crippen molar-refractivity contribution >= 4 is 17.7 Å². The smallest absolute Gasteiger partial charge is 0.330 e. The molecule has 0 bridgehead atoms. The monoisotopic (exact) mass is 406 g/mol. The molecule has 1 aromatic carbocycles. The van der Waals surface area contributed by atoms with Crippen LogP contribution in [0.5, 0.6) is 5.75 Å². The standard InChI is InChI=1S/C25H30N2O3/c1-7-30-25-20(17(4)5)12-19(16(2)3)13-21(25)22-14-26-23-10-8-18(15-27(22)23)9-11-24(28)29-6/h8-17H,7H2,1-6H3/b11-9+. The predicted octanol–water partition coefficient (Wildman–Crippen LogP) is 5.83. The summed E-state index contributed by atoms with van der Waals surface area (Å²) in [7, 11) is 1.37. The fourth-order valence-electron chi connectivity index (χ4n) is 3.46. The number of nitrogens with zero attached hydrogens (tertiary/aromatic N) is 2. The van der Waals surface area contributed by atoms with Crippen molar-refractivity contribution in [3.63, 3.8) is 0 Å². The molecule has 5 heteroatoms. The molecule has 2 heterocycles. The summed E-state index contributed by atoms with van der Waals surface area (Å²) in [6, 6.07) is 8.34. The van der Waals surface area contributed by atoms with Gasteiger partial charge in [0.25, 0.3) is 0 Å².